The van der Waals surface area contributed by atoms with Gasteiger partial charge in [0.05, 0.1) is 25.0 Å². The van der Waals surface area contributed by atoms with E-state index in [1.165, 1.54) is 30.2 Å². The van der Waals surface area contributed by atoms with E-state index in [9.17, 15) is 9.59 Å². The number of aryl methyl sites for hydroxylation is 1. The highest BCUT2D eigenvalue weighted by atomic mass is 32.2. The maximum atomic E-state index is 10.9. The molecule has 0 aliphatic carbocycles. The Morgan fingerprint density at radius 1 is 1.56 bits per heavy atom. The number of carboxylic acid groups (broad SMARTS) is 1. The summed E-state index contributed by atoms with van der Waals surface area (Å²) in [5, 5.41) is 8.65. The molecule has 0 saturated carbocycles. The number of esters is 1. The van der Waals surface area contributed by atoms with E-state index in [0.29, 0.717) is 10.0 Å². The second kappa shape index (κ2) is 5.86. The maximum Gasteiger partial charge on any atom is 0.316 e. The van der Waals surface area contributed by atoms with Gasteiger partial charge in [-0.25, -0.2) is 4.98 Å². The first-order chi connectivity index (χ1) is 7.52. The number of ether oxygens (including phenoxy) is 1. The van der Waals surface area contributed by atoms with E-state index in [2.05, 4.69) is 9.72 Å². The molecule has 1 rings (SSSR count). The topological polar surface area (TPSA) is 76.5 Å². The van der Waals surface area contributed by atoms with E-state index < -0.39 is 5.97 Å². The van der Waals surface area contributed by atoms with Crippen LogP contribution in [-0.4, -0.2) is 34.9 Å². The molecule has 0 unspecified atom stereocenters. The number of carbonyl (C=O) groups is 2. The summed E-state index contributed by atoms with van der Waals surface area (Å²) in [5.41, 5.74) is 0.708. The quantitative estimate of drug-likeness (QED) is 0.636. The first-order valence-electron chi connectivity index (χ1n) is 4.40. The molecule has 5 nitrogen and oxygen atoms in total. The molecule has 1 heterocycles. The minimum atomic E-state index is -0.878. The van der Waals surface area contributed by atoms with Crippen LogP contribution in [0.15, 0.2) is 4.34 Å². The summed E-state index contributed by atoms with van der Waals surface area (Å²) in [6.45, 7) is 1.76. The summed E-state index contributed by atoms with van der Waals surface area (Å²) in [6.07, 6.45) is -0.0255. The van der Waals surface area contributed by atoms with Crippen LogP contribution in [0.2, 0.25) is 0 Å². The maximum absolute atomic E-state index is 10.9. The highest BCUT2D eigenvalue weighted by Gasteiger charge is 2.12. The minimum Gasteiger partial charge on any atom is -0.481 e. The van der Waals surface area contributed by atoms with Gasteiger partial charge in [-0.05, 0) is 6.92 Å². The van der Waals surface area contributed by atoms with Gasteiger partial charge in [0.1, 0.15) is 0 Å². The van der Waals surface area contributed by atoms with Crippen molar-refractivity contribution >= 4 is 35.0 Å². The van der Waals surface area contributed by atoms with Gasteiger partial charge in [-0.3, -0.25) is 9.59 Å². The molecule has 88 valence electrons. The summed E-state index contributed by atoms with van der Waals surface area (Å²) in [5.74, 6) is -1.01. The molecule has 1 N–H and O–H groups in total. The highest BCUT2D eigenvalue weighted by molar-refractivity contribution is 8.01. The van der Waals surface area contributed by atoms with Crippen molar-refractivity contribution in [2.24, 2.45) is 0 Å². The zero-order valence-electron chi connectivity index (χ0n) is 8.85. The zero-order chi connectivity index (χ0) is 12.1. The molecular weight excluding hydrogens is 250 g/mol. The predicted octanol–water partition coefficient (Wildman–Crippen LogP) is 1.34. The van der Waals surface area contributed by atoms with Crippen LogP contribution in [0.4, 0.5) is 0 Å². The van der Waals surface area contributed by atoms with Gasteiger partial charge in [-0.1, -0.05) is 11.8 Å². The van der Waals surface area contributed by atoms with Crippen LogP contribution in [0, 0.1) is 6.92 Å². The smallest absolute Gasteiger partial charge is 0.316 e. The van der Waals surface area contributed by atoms with Crippen LogP contribution in [-0.2, 0) is 20.7 Å². The van der Waals surface area contributed by atoms with Gasteiger partial charge in [-0.2, -0.15) is 0 Å². The molecule has 1 aromatic rings. The Hall–Kier alpha value is -1.08. The van der Waals surface area contributed by atoms with E-state index in [1.807, 2.05) is 0 Å². The number of thiazole rings is 1. The molecule has 0 amide bonds. The predicted molar refractivity (Wildman–Crippen MR) is 60.9 cm³/mol. The monoisotopic (exact) mass is 261 g/mol. The highest BCUT2D eigenvalue weighted by Crippen LogP contribution is 2.27. The van der Waals surface area contributed by atoms with Gasteiger partial charge in [0.25, 0.3) is 0 Å². The largest absolute Gasteiger partial charge is 0.481 e. The molecule has 16 heavy (non-hydrogen) atoms. The van der Waals surface area contributed by atoms with Crippen LogP contribution < -0.4 is 0 Å². The van der Waals surface area contributed by atoms with Crippen LogP contribution in [0.5, 0.6) is 0 Å². The third kappa shape index (κ3) is 3.82. The third-order valence-corrected chi connectivity index (χ3v) is 4.00. The molecule has 7 heteroatoms. The Balaban J connectivity index is 2.62. The van der Waals surface area contributed by atoms with Crippen molar-refractivity contribution in [1.82, 2.24) is 4.98 Å². The lowest BCUT2D eigenvalue weighted by Crippen LogP contribution is -2.02. The summed E-state index contributed by atoms with van der Waals surface area (Å²) in [4.78, 5) is 26.3. The molecule has 1 aromatic heterocycles. The molecule has 0 saturated heterocycles. The number of hydrogen-bond donors (Lipinski definition) is 1. The first-order valence-corrected chi connectivity index (χ1v) is 6.21. The van der Waals surface area contributed by atoms with Crippen LogP contribution in [0.3, 0.4) is 0 Å². The third-order valence-electron chi connectivity index (χ3n) is 1.73. The van der Waals surface area contributed by atoms with Crippen LogP contribution >= 0.6 is 23.1 Å². The molecule has 0 aromatic carbocycles. The Kier molecular flexibility index (Phi) is 4.75. The summed E-state index contributed by atoms with van der Waals surface area (Å²) >= 11 is 2.56. The summed E-state index contributed by atoms with van der Waals surface area (Å²) < 4.78 is 5.19. The number of aromatic nitrogens is 1. The molecule has 0 radical (unpaired) electrons. The standard InChI is InChI=1S/C9H11NO4S2/c1-5-6(3-7(11)12)16-9(10-5)15-4-8(13)14-2/h3-4H2,1-2H3,(H,11,12). The van der Waals surface area contributed by atoms with Crippen molar-refractivity contribution in [3.8, 4) is 0 Å². The lowest BCUT2D eigenvalue weighted by atomic mass is 10.3. The number of thioether (sulfide) groups is 1. The van der Waals surface area contributed by atoms with Crippen LogP contribution in [0.25, 0.3) is 0 Å². The van der Waals surface area contributed by atoms with E-state index in [1.54, 1.807) is 6.92 Å². The van der Waals surface area contributed by atoms with Gasteiger partial charge in [-0.15, -0.1) is 11.3 Å². The Morgan fingerprint density at radius 3 is 2.81 bits per heavy atom. The molecule has 0 fully saturated rings. The fraction of sp³-hybridized carbons (Fsp3) is 0.444. The van der Waals surface area contributed by atoms with Crippen molar-refractivity contribution < 1.29 is 19.4 Å². The number of carbonyl (C=O) groups excluding carboxylic acids is 1. The second-order valence-electron chi connectivity index (χ2n) is 2.92. The first kappa shape index (κ1) is 13.0. The SMILES string of the molecule is COC(=O)CSc1nc(C)c(CC(=O)O)s1. The van der Waals surface area contributed by atoms with Crippen molar-refractivity contribution in [1.29, 1.82) is 0 Å². The zero-order valence-corrected chi connectivity index (χ0v) is 10.5. The van der Waals surface area contributed by atoms with Gasteiger partial charge in [0.15, 0.2) is 4.34 Å². The molecule has 0 atom stereocenters. The summed E-state index contributed by atoms with van der Waals surface area (Å²) in [7, 11) is 1.33. The van der Waals surface area contributed by atoms with Crippen molar-refractivity contribution in [2.45, 2.75) is 17.7 Å². The molecule has 0 bridgehead atoms. The second-order valence-corrected chi connectivity index (χ2v) is 5.23. The number of nitrogens with zero attached hydrogens (tertiary/aromatic N) is 1. The lowest BCUT2D eigenvalue weighted by molar-refractivity contribution is -0.137. The Labute approximate surface area is 101 Å². The average Bonchev–Trinajstić information content (AvgIpc) is 2.55. The molecule has 0 aliphatic rings. The van der Waals surface area contributed by atoms with Crippen LogP contribution in [0.1, 0.15) is 10.6 Å². The molecule has 0 aliphatic heterocycles. The number of methoxy groups -OCH3 is 1. The number of hydrogen-bond acceptors (Lipinski definition) is 6. The fourth-order valence-electron chi connectivity index (χ4n) is 0.944. The van der Waals surface area contributed by atoms with E-state index in [4.69, 9.17) is 5.11 Å². The fourth-order valence-corrected chi connectivity index (χ4v) is 3.00. The molecular formula is C9H11NO4S2. The normalized spacial score (nSPS) is 10.1. The number of carboxylic acids is 1. The minimum absolute atomic E-state index is 0.0255. The van der Waals surface area contributed by atoms with Gasteiger partial charge in [0, 0.05) is 4.88 Å². The number of rotatable bonds is 5. The summed E-state index contributed by atoms with van der Waals surface area (Å²) in [6, 6.07) is 0. The van der Waals surface area contributed by atoms with E-state index in [-0.39, 0.29) is 18.1 Å². The van der Waals surface area contributed by atoms with Crippen molar-refractivity contribution in [3.63, 3.8) is 0 Å². The van der Waals surface area contributed by atoms with E-state index >= 15 is 0 Å². The Morgan fingerprint density at radius 2 is 2.25 bits per heavy atom. The van der Waals surface area contributed by atoms with Crippen molar-refractivity contribution in [2.75, 3.05) is 12.9 Å². The Bertz CT molecular complexity index is 402. The van der Waals surface area contributed by atoms with Crippen molar-refractivity contribution in [3.05, 3.63) is 10.6 Å². The lowest BCUT2D eigenvalue weighted by Gasteiger charge is -1.94. The van der Waals surface area contributed by atoms with Gasteiger partial charge >= 0.3 is 11.9 Å². The average molecular weight is 261 g/mol. The van der Waals surface area contributed by atoms with Gasteiger partial charge in [0.2, 0.25) is 0 Å². The number of aliphatic carboxylic acids is 1. The molecule has 0 spiro atoms. The van der Waals surface area contributed by atoms with E-state index in [0.717, 1.165) is 4.88 Å². The van der Waals surface area contributed by atoms with Gasteiger partial charge < -0.3 is 9.84 Å².